The van der Waals surface area contributed by atoms with Gasteiger partial charge in [-0.2, -0.15) is 0 Å². The molecule has 3 N–H and O–H groups in total. The molecule has 1 aromatic carbocycles. The highest BCUT2D eigenvalue weighted by Crippen LogP contribution is 2.47. The van der Waals surface area contributed by atoms with E-state index in [0.717, 1.165) is 22.4 Å². The highest BCUT2D eigenvalue weighted by molar-refractivity contribution is 7.90. The molecule has 3 atom stereocenters. The maximum atomic E-state index is 13.1. The Morgan fingerprint density at radius 1 is 1.42 bits per heavy atom. The first-order chi connectivity index (χ1) is 11.2. The van der Waals surface area contributed by atoms with E-state index in [1.807, 2.05) is 50.2 Å². The molecule has 132 valence electrons. The Labute approximate surface area is 146 Å². The Kier molecular flexibility index (Phi) is 4.34. The Morgan fingerprint density at radius 2 is 2.12 bits per heavy atom. The molecule has 1 fully saturated rings. The van der Waals surface area contributed by atoms with Crippen molar-refractivity contribution in [1.29, 1.82) is 0 Å². The van der Waals surface area contributed by atoms with Crippen LogP contribution in [-0.4, -0.2) is 38.1 Å². The molecule has 0 aliphatic carbocycles. The van der Waals surface area contributed by atoms with Gasteiger partial charge < -0.3 is 19.8 Å². The third-order valence-corrected chi connectivity index (χ3v) is 6.34. The maximum Gasteiger partial charge on any atom is 0.175 e. The fourth-order valence-corrected chi connectivity index (χ4v) is 4.74. The van der Waals surface area contributed by atoms with E-state index in [4.69, 9.17) is 4.74 Å². The summed E-state index contributed by atoms with van der Waals surface area (Å²) in [6.45, 7) is 8.06. The number of hydrogen-bond donors (Lipinski definition) is 3. The van der Waals surface area contributed by atoms with E-state index in [2.05, 4.69) is 10.9 Å². The van der Waals surface area contributed by atoms with Crippen molar-refractivity contribution in [3.63, 3.8) is 0 Å². The van der Waals surface area contributed by atoms with Gasteiger partial charge >= 0.3 is 0 Å². The van der Waals surface area contributed by atoms with Gasteiger partial charge in [-0.1, -0.05) is 12.1 Å². The average molecular weight is 351 g/mol. The van der Waals surface area contributed by atoms with Crippen LogP contribution in [0.3, 0.4) is 0 Å². The summed E-state index contributed by atoms with van der Waals surface area (Å²) in [4.78, 5) is 0. The second-order valence-corrected chi connectivity index (χ2v) is 9.44. The van der Waals surface area contributed by atoms with Crippen molar-refractivity contribution >= 4 is 11.4 Å². The number of fused-ring (bicyclic) bond motifs is 1. The van der Waals surface area contributed by atoms with Gasteiger partial charge in [0.15, 0.2) is 5.72 Å². The molecule has 0 bridgehead atoms. The van der Waals surface area contributed by atoms with Gasteiger partial charge in [-0.05, 0) is 44.9 Å². The fraction of sp³-hybridized carbons (Fsp3) is 0.529. The van der Waals surface area contributed by atoms with Gasteiger partial charge in [0, 0.05) is 23.1 Å². The van der Waals surface area contributed by atoms with E-state index in [1.54, 1.807) is 13.3 Å². The highest BCUT2D eigenvalue weighted by atomic mass is 32.2. The first kappa shape index (κ1) is 17.6. The third-order valence-electron chi connectivity index (χ3n) is 4.53. The summed E-state index contributed by atoms with van der Waals surface area (Å²) >= 11 is -1.27. The van der Waals surface area contributed by atoms with Crippen LogP contribution in [0.5, 0.6) is 5.75 Å². The van der Waals surface area contributed by atoms with Crippen LogP contribution in [0.15, 0.2) is 30.0 Å². The van der Waals surface area contributed by atoms with Gasteiger partial charge in [-0.3, -0.25) is 0 Å². The summed E-state index contributed by atoms with van der Waals surface area (Å²) < 4.78 is 20.0. The molecule has 0 saturated carbocycles. The molecule has 2 aliphatic rings. The summed E-state index contributed by atoms with van der Waals surface area (Å²) in [5.74, 6) is 0.781. The first-order valence-corrected chi connectivity index (χ1v) is 9.07. The number of ether oxygens (including phenoxy) is 1. The molecule has 2 heterocycles. The van der Waals surface area contributed by atoms with Crippen LogP contribution in [0.4, 0.5) is 0 Å². The van der Waals surface area contributed by atoms with E-state index in [1.165, 1.54) is 0 Å². The predicted octanol–water partition coefficient (Wildman–Crippen LogP) is 1.50. The van der Waals surface area contributed by atoms with Crippen molar-refractivity contribution in [2.24, 2.45) is 0 Å². The Balaban J connectivity index is 2.11. The Morgan fingerprint density at radius 3 is 2.75 bits per heavy atom. The molecule has 0 spiro atoms. The Bertz CT molecular complexity index is 674. The van der Waals surface area contributed by atoms with E-state index in [0.29, 0.717) is 0 Å². The van der Waals surface area contributed by atoms with Crippen LogP contribution >= 0.6 is 0 Å². The van der Waals surface area contributed by atoms with E-state index < -0.39 is 21.8 Å². The smallest absolute Gasteiger partial charge is 0.175 e. The van der Waals surface area contributed by atoms with Crippen molar-refractivity contribution in [1.82, 2.24) is 15.2 Å². The number of β-amino-alcohol motifs (C(OH)–C–C–N with tert-alkyl or cyclic N) is 1. The van der Waals surface area contributed by atoms with Gasteiger partial charge in [0.1, 0.15) is 16.5 Å². The molecule has 0 aromatic heterocycles. The summed E-state index contributed by atoms with van der Waals surface area (Å²) in [6.07, 6.45) is 1.77. The maximum absolute atomic E-state index is 13.1. The molecule has 7 heteroatoms. The van der Waals surface area contributed by atoms with Crippen LogP contribution in [-0.2, 0) is 11.4 Å². The number of hydrogen-bond acceptors (Lipinski definition) is 6. The van der Waals surface area contributed by atoms with Gasteiger partial charge in [-0.15, -0.1) is 4.31 Å². The quantitative estimate of drug-likeness (QED) is 0.716. The number of nitrogens with zero attached hydrogens (tertiary/aromatic N) is 1. The summed E-state index contributed by atoms with van der Waals surface area (Å²) in [7, 11) is 1.64. The Hall–Kier alpha value is -1.25. The van der Waals surface area contributed by atoms with Crippen LogP contribution in [0, 0.1) is 6.92 Å². The second kappa shape index (κ2) is 5.93. The lowest BCUT2D eigenvalue weighted by Gasteiger charge is -2.34. The van der Waals surface area contributed by atoms with Gasteiger partial charge in [0.05, 0.1) is 13.7 Å². The number of methoxy groups -OCH3 is 1. The molecular weight excluding hydrogens is 326 g/mol. The number of aliphatic hydroxyl groups is 1. The third kappa shape index (κ3) is 2.70. The molecule has 1 aromatic rings. The topological polar surface area (TPSA) is 79.8 Å². The van der Waals surface area contributed by atoms with Crippen molar-refractivity contribution < 1.29 is 14.4 Å². The normalized spacial score (nSPS) is 28.3. The second-order valence-electron chi connectivity index (χ2n) is 7.24. The fourth-order valence-electron chi connectivity index (χ4n) is 3.31. The lowest BCUT2D eigenvalue weighted by atomic mass is 9.93. The molecule has 0 radical (unpaired) electrons. The van der Waals surface area contributed by atoms with E-state index in [9.17, 15) is 9.66 Å². The zero-order valence-electron chi connectivity index (χ0n) is 14.7. The summed E-state index contributed by atoms with van der Waals surface area (Å²) in [6, 6.07) is 5.55. The number of benzene rings is 1. The number of hydrazine groups is 1. The zero-order chi connectivity index (χ0) is 17.7. The summed E-state index contributed by atoms with van der Waals surface area (Å²) in [5, 5.41) is 10.9. The predicted molar refractivity (Wildman–Crippen MR) is 94.4 cm³/mol. The molecule has 0 amide bonds. The van der Waals surface area contributed by atoms with Crippen LogP contribution in [0.2, 0.25) is 0 Å². The van der Waals surface area contributed by atoms with Gasteiger partial charge in [0.25, 0.3) is 0 Å². The van der Waals surface area contributed by atoms with Crippen molar-refractivity contribution in [3.05, 3.63) is 41.1 Å². The van der Waals surface area contributed by atoms with Gasteiger partial charge in [-0.25, -0.2) is 5.43 Å². The molecule has 3 rings (SSSR count). The molecule has 6 nitrogen and oxygen atoms in total. The molecular formula is C17H25N3O3S. The van der Waals surface area contributed by atoms with Crippen molar-refractivity contribution in [2.45, 2.75) is 44.2 Å². The minimum absolute atomic E-state index is 0.247. The lowest BCUT2D eigenvalue weighted by Crippen LogP contribution is -2.51. The van der Waals surface area contributed by atoms with Crippen LogP contribution in [0.25, 0.3) is 0 Å². The first-order valence-electron chi connectivity index (χ1n) is 7.97. The van der Waals surface area contributed by atoms with Crippen LogP contribution < -0.4 is 15.6 Å². The monoisotopic (exact) mass is 351 g/mol. The SMILES string of the molecule is COc1cccc([C@@H]2C3=CNNC3(O)CN2[S+]([O-])C(C)(C)C)c1C. The molecule has 2 aliphatic heterocycles. The van der Waals surface area contributed by atoms with Crippen molar-refractivity contribution in [2.75, 3.05) is 13.7 Å². The van der Waals surface area contributed by atoms with E-state index >= 15 is 0 Å². The highest BCUT2D eigenvalue weighted by Gasteiger charge is 2.57. The van der Waals surface area contributed by atoms with Crippen molar-refractivity contribution in [3.8, 4) is 5.75 Å². The standard InChI is InChI=1S/C17H25N3O3S/c1-11-12(7-6-8-14(11)23-5)15-13-9-18-19-17(13,21)10-20(15)24(22)16(2,3)4/h6-9,15,18-19,21H,10H2,1-5H3/t15-,17?,24?/m1/s1. The summed E-state index contributed by atoms with van der Waals surface area (Å²) in [5.41, 5.74) is 7.30. The zero-order valence-corrected chi connectivity index (χ0v) is 15.5. The molecule has 1 saturated heterocycles. The molecule has 24 heavy (non-hydrogen) atoms. The van der Waals surface area contributed by atoms with E-state index in [-0.39, 0.29) is 12.6 Å². The number of rotatable bonds is 3. The molecule has 2 unspecified atom stereocenters. The minimum Gasteiger partial charge on any atom is -0.597 e. The minimum atomic E-state index is -1.27. The van der Waals surface area contributed by atoms with Gasteiger partial charge in [0.2, 0.25) is 0 Å². The van der Waals surface area contributed by atoms with Crippen LogP contribution in [0.1, 0.15) is 37.9 Å². The lowest BCUT2D eigenvalue weighted by molar-refractivity contribution is 0.0540. The average Bonchev–Trinajstić information content (AvgIpc) is 3.00. The number of nitrogens with one attached hydrogen (secondary N) is 2. The largest absolute Gasteiger partial charge is 0.597 e.